The molecule has 1 saturated heterocycles. The maximum atomic E-state index is 4.53. The summed E-state index contributed by atoms with van der Waals surface area (Å²) < 4.78 is 1.14. The third-order valence-electron chi connectivity index (χ3n) is 4.09. The minimum absolute atomic E-state index is 0.640. The summed E-state index contributed by atoms with van der Waals surface area (Å²) in [5.41, 5.74) is 3.21. The van der Waals surface area contributed by atoms with Crippen LogP contribution in [0.2, 0.25) is 0 Å². The van der Waals surface area contributed by atoms with Crippen LogP contribution in [0.25, 0.3) is 0 Å². The normalized spacial score (nSPS) is 17.8. The Morgan fingerprint density at radius 3 is 3.05 bits per heavy atom. The Labute approximate surface area is 140 Å². The van der Waals surface area contributed by atoms with Crippen molar-refractivity contribution < 1.29 is 0 Å². The molecule has 1 aromatic heterocycles. The van der Waals surface area contributed by atoms with Crippen LogP contribution in [0.15, 0.2) is 34.9 Å². The number of benzene rings is 1. The van der Waals surface area contributed by atoms with Gasteiger partial charge in [-0.3, -0.25) is 4.98 Å². The lowest BCUT2D eigenvalue weighted by Crippen LogP contribution is -2.22. The molecule has 1 fully saturated rings. The standard InChI is InChI=1S/C17H21BrN4/c1-12-9-19-13(2)17(21-12)20-10-14-6-7-22(11-14)16-5-3-4-15(18)8-16/h3-5,8-9,14H,6-7,10-11H2,1-2H3,(H,20,21). The molecule has 0 spiro atoms. The van der Waals surface area contributed by atoms with Crippen LogP contribution < -0.4 is 10.2 Å². The maximum Gasteiger partial charge on any atom is 0.147 e. The summed E-state index contributed by atoms with van der Waals surface area (Å²) in [5.74, 6) is 1.56. The molecule has 0 amide bonds. The van der Waals surface area contributed by atoms with E-state index in [0.717, 1.165) is 41.3 Å². The Morgan fingerprint density at radius 1 is 1.36 bits per heavy atom. The van der Waals surface area contributed by atoms with Crippen LogP contribution in [0, 0.1) is 19.8 Å². The molecule has 0 radical (unpaired) electrons. The molecule has 1 aromatic carbocycles. The number of hydrogen-bond donors (Lipinski definition) is 1. The Kier molecular flexibility index (Phi) is 4.62. The van der Waals surface area contributed by atoms with E-state index in [1.807, 2.05) is 20.0 Å². The summed E-state index contributed by atoms with van der Waals surface area (Å²) in [4.78, 5) is 11.3. The van der Waals surface area contributed by atoms with E-state index in [1.54, 1.807) is 0 Å². The molecular weight excluding hydrogens is 340 g/mol. The van der Waals surface area contributed by atoms with Gasteiger partial charge < -0.3 is 10.2 Å². The fraction of sp³-hybridized carbons (Fsp3) is 0.412. The van der Waals surface area contributed by atoms with Gasteiger partial charge in [-0.05, 0) is 44.4 Å². The quantitative estimate of drug-likeness (QED) is 0.900. The zero-order valence-electron chi connectivity index (χ0n) is 13.0. The Morgan fingerprint density at radius 2 is 2.23 bits per heavy atom. The minimum atomic E-state index is 0.640. The van der Waals surface area contributed by atoms with E-state index in [4.69, 9.17) is 0 Å². The number of hydrogen-bond acceptors (Lipinski definition) is 4. The van der Waals surface area contributed by atoms with E-state index in [0.29, 0.717) is 5.92 Å². The summed E-state index contributed by atoms with van der Waals surface area (Å²) in [7, 11) is 0. The topological polar surface area (TPSA) is 41.1 Å². The number of nitrogens with zero attached hydrogens (tertiary/aromatic N) is 3. The molecule has 1 unspecified atom stereocenters. The second-order valence-electron chi connectivity index (χ2n) is 5.91. The van der Waals surface area contributed by atoms with Gasteiger partial charge in [0.15, 0.2) is 0 Å². The number of aromatic nitrogens is 2. The molecule has 0 aliphatic carbocycles. The highest BCUT2D eigenvalue weighted by Crippen LogP contribution is 2.26. The number of nitrogens with one attached hydrogen (secondary N) is 1. The minimum Gasteiger partial charge on any atom is -0.371 e. The molecule has 5 heteroatoms. The van der Waals surface area contributed by atoms with Gasteiger partial charge >= 0.3 is 0 Å². The van der Waals surface area contributed by atoms with Crippen molar-refractivity contribution in [1.82, 2.24) is 9.97 Å². The van der Waals surface area contributed by atoms with Crippen LogP contribution in [0.1, 0.15) is 17.8 Å². The first-order chi connectivity index (χ1) is 10.6. The van der Waals surface area contributed by atoms with Crippen LogP contribution in [-0.4, -0.2) is 29.6 Å². The average molecular weight is 361 g/mol. The van der Waals surface area contributed by atoms with Crippen molar-refractivity contribution in [2.45, 2.75) is 20.3 Å². The van der Waals surface area contributed by atoms with Gasteiger partial charge in [0.2, 0.25) is 0 Å². The Bertz CT molecular complexity index is 659. The lowest BCUT2D eigenvalue weighted by Gasteiger charge is -2.19. The van der Waals surface area contributed by atoms with Gasteiger partial charge in [-0.1, -0.05) is 22.0 Å². The summed E-state index contributed by atoms with van der Waals surface area (Å²) in [6.45, 7) is 7.12. The highest BCUT2D eigenvalue weighted by molar-refractivity contribution is 9.10. The van der Waals surface area contributed by atoms with Gasteiger partial charge in [0.1, 0.15) is 5.82 Å². The number of aryl methyl sites for hydroxylation is 2. The van der Waals surface area contributed by atoms with E-state index in [1.165, 1.54) is 12.1 Å². The molecule has 4 nitrogen and oxygen atoms in total. The van der Waals surface area contributed by atoms with Crippen molar-refractivity contribution in [3.8, 4) is 0 Å². The third kappa shape index (κ3) is 3.58. The Balaban J connectivity index is 1.58. The first-order valence-electron chi connectivity index (χ1n) is 7.66. The summed E-state index contributed by atoms with van der Waals surface area (Å²) in [6, 6.07) is 8.53. The number of rotatable bonds is 4. The molecule has 1 aliphatic heterocycles. The van der Waals surface area contributed by atoms with Crippen molar-refractivity contribution in [1.29, 1.82) is 0 Å². The summed E-state index contributed by atoms with van der Waals surface area (Å²) in [6.07, 6.45) is 3.02. The molecular formula is C17H21BrN4. The largest absolute Gasteiger partial charge is 0.371 e. The van der Waals surface area contributed by atoms with E-state index in [2.05, 4.69) is 60.4 Å². The Hall–Kier alpha value is -1.62. The van der Waals surface area contributed by atoms with Crippen LogP contribution in [0.4, 0.5) is 11.5 Å². The van der Waals surface area contributed by atoms with Crippen molar-refractivity contribution >= 4 is 27.4 Å². The van der Waals surface area contributed by atoms with Gasteiger partial charge in [0, 0.05) is 36.0 Å². The van der Waals surface area contributed by atoms with Crippen molar-refractivity contribution in [2.24, 2.45) is 5.92 Å². The molecule has 3 rings (SSSR count). The zero-order valence-corrected chi connectivity index (χ0v) is 14.6. The molecule has 1 atom stereocenters. The number of anilines is 2. The van der Waals surface area contributed by atoms with Crippen LogP contribution in [0.3, 0.4) is 0 Å². The van der Waals surface area contributed by atoms with Crippen molar-refractivity contribution in [2.75, 3.05) is 29.9 Å². The molecule has 0 saturated carbocycles. The first-order valence-corrected chi connectivity index (χ1v) is 8.46. The van der Waals surface area contributed by atoms with E-state index < -0.39 is 0 Å². The fourth-order valence-electron chi connectivity index (χ4n) is 2.85. The van der Waals surface area contributed by atoms with Gasteiger partial charge in [-0.15, -0.1) is 0 Å². The lowest BCUT2D eigenvalue weighted by atomic mass is 10.1. The average Bonchev–Trinajstić information content (AvgIpc) is 2.97. The van der Waals surface area contributed by atoms with Gasteiger partial charge in [0.05, 0.1) is 11.4 Å². The highest BCUT2D eigenvalue weighted by Gasteiger charge is 2.22. The molecule has 22 heavy (non-hydrogen) atoms. The first kappa shape index (κ1) is 15.3. The second kappa shape index (κ2) is 6.65. The van der Waals surface area contributed by atoms with E-state index in [9.17, 15) is 0 Å². The summed E-state index contributed by atoms with van der Waals surface area (Å²) >= 11 is 3.55. The molecule has 1 N–H and O–H groups in total. The molecule has 2 aromatic rings. The third-order valence-corrected chi connectivity index (χ3v) is 4.59. The van der Waals surface area contributed by atoms with Gasteiger partial charge in [0.25, 0.3) is 0 Å². The van der Waals surface area contributed by atoms with Gasteiger partial charge in [-0.25, -0.2) is 4.98 Å². The zero-order chi connectivity index (χ0) is 15.5. The van der Waals surface area contributed by atoms with E-state index in [-0.39, 0.29) is 0 Å². The summed E-state index contributed by atoms with van der Waals surface area (Å²) in [5, 5.41) is 3.47. The molecule has 2 heterocycles. The molecule has 0 bridgehead atoms. The monoisotopic (exact) mass is 360 g/mol. The SMILES string of the molecule is Cc1cnc(C)c(NCC2CCN(c3cccc(Br)c3)C2)n1. The maximum absolute atomic E-state index is 4.53. The van der Waals surface area contributed by atoms with E-state index >= 15 is 0 Å². The van der Waals surface area contributed by atoms with Crippen molar-refractivity contribution in [3.63, 3.8) is 0 Å². The lowest BCUT2D eigenvalue weighted by molar-refractivity contribution is 0.620. The van der Waals surface area contributed by atoms with Crippen molar-refractivity contribution in [3.05, 3.63) is 46.3 Å². The smallest absolute Gasteiger partial charge is 0.147 e. The van der Waals surface area contributed by atoms with Crippen LogP contribution in [-0.2, 0) is 0 Å². The predicted molar refractivity (Wildman–Crippen MR) is 94.5 cm³/mol. The van der Waals surface area contributed by atoms with Crippen LogP contribution >= 0.6 is 15.9 Å². The molecule has 1 aliphatic rings. The highest BCUT2D eigenvalue weighted by atomic mass is 79.9. The molecule has 116 valence electrons. The van der Waals surface area contributed by atoms with Crippen LogP contribution in [0.5, 0.6) is 0 Å². The fourth-order valence-corrected chi connectivity index (χ4v) is 3.24. The second-order valence-corrected chi connectivity index (χ2v) is 6.82. The predicted octanol–water partition coefficient (Wildman–Crippen LogP) is 3.79. The number of halogens is 1. The van der Waals surface area contributed by atoms with Gasteiger partial charge in [-0.2, -0.15) is 0 Å².